The van der Waals surface area contributed by atoms with E-state index in [9.17, 15) is 9.90 Å². The Balaban J connectivity index is 2.60. The Morgan fingerprint density at radius 2 is 2.08 bits per heavy atom. The van der Waals surface area contributed by atoms with E-state index >= 15 is 0 Å². The van der Waals surface area contributed by atoms with Gasteiger partial charge in [-0.05, 0) is 31.6 Å². The molecule has 70 valence electrons. The van der Waals surface area contributed by atoms with Crippen molar-refractivity contribution in [2.75, 3.05) is 0 Å². The molecule has 1 saturated carbocycles. The average molecular weight is 170 g/mol. The fourth-order valence-corrected chi connectivity index (χ4v) is 2.02. The largest absolute Gasteiger partial charge is 0.392 e. The van der Waals surface area contributed by atoms with E-state index < -0.39 is 6.10 Å². The highest BCUT2D eigenvalue weighted by Gasteiger charge is 2.35. The van der Waals surface area contributed by atoms with Crippen LogP contribution in [0.2, 0.25) is 0 Å². The van der Waals surface area contributed by atoms with Crippen LogP contribution in [0.4, 0.5) is 0 Å². The van der Waals surface area contributed by atoms with Crippen LogP contribution >= 0.6 is 0 Å². The van der Waals surface area contributed by atoms with Crippen LogP contribution < -0.4 is 0 Å². The van der Waals surface area contributed by atoms with Crippen LogP contribution in [0, 0.1) is 11.3 Å². The fourth-order valence-electron chi connectivity index (χ4n) is 2.02. The van der Waals surface area contributed by atoms with Gasteiger partial charge in [-0.1, -0.05) is 13.8 Å². The first kappa shape index (κ1) is 9.72. The van der Waals surface area contributed by atoms with Crippen LogP contribution in [0.3, 0.4) is 0 Å². The molecule has 2 nitrogen and oxygen atoms in total. The fraction of sp³-hybridized carbons (Fsp3) is 0.900. The molecule has 0 amide bonds. The minimum Gasteiger partial charge on any atom is -0.392 e. The molecule has 2 atom stereocenters. The molecule has 0 aromatic carbocycles. The smallest absolute Gasteiger partial charge is 0.135 e. The molecule has 0 radical (unpaired) electrons. The highest BCUT2D eigenvalue weighted by atomic mass is 16.3. The van der Waals surface area contributed by atoms with E-state index in [0.29, 0.717) is 0 Å². The number of carbonyl (C=O) groups excluding carboxylic acids is 1. The first-order valence-corrected chi connectivity index (χ1v) is 4.61. The lowest BCUT2D eigenvalue weighted by Gasteiger charge is -2.37. The molecule has 0 spiro atoms. The lowest BCUT2D eigenvalue weighted by atomic mass is 9.70. The zero-order valence-electron chi connectivity index (χ0n) is 8.13. The van der Waals surface area contributed by atoms with Gasteiger partial charge in [-0.25, -0.2) is 0 Å². The second-order valence-electron chi connectivity index (χ2n) is 4.69. The van der Waals surface area contributed by atoms with Gasteiger partial charge in [-0.3, -0.25) is 4.79 Å². The van der Waals surface area contributed by atoms with Gasteiger partial charge in [0.1, 0.15) is 5.78 Å². The number of hydrogen-bond donors (Lipinski definition) is 1. The zero-order valence-corrected chi connectivity index (χ0v) is 8.13. The Labute approximate surface area is 74.0 Å². The average Bonchev–Trinajstić information content (AvgIpc) is 1.83. The monoisotopic (exact) mass is 170 g/mol. The van der Waals surface area contributed by atoms with Gasteiger partial charge in [0.25, 0.3) is 0 Å². The maximum absolute atomic E-state index is 11.1. The molecule has 0 aliphatic heterocycles. The summed E-state index contributed by atoms with van der Waals surface area (Å²) in [6.45, 7) is 5.87. The Morgan fingerprint density at radius 3 is 2.50 bits per heavy atom. The lowest BCUT2D eigenvalue weighted by Crippen LogP contribution is -2.37. The first-order valence-electron chi connectivity index (χ1n) is 4.61. The minimum atomic E-state index is -0.411. The maximum atomic E-state index is 11.1. The molecule has 2 heteroatoms. The van der Waals surface area contributed by atoms with Gasteiger partial charge in [0, 0.05) is 5.92 Å². The lowest BCUT2D eigenvalue weighted by molar-refractivity contribution is -0.127. The van der Waals surface area contributed by atoms with Crippen molar-refractivity contribution >= 4 is 5.78 Å². The molecule has 1 aliphatic rings. The Kier molecular flexibility index (Phi) is 2.57. The molecule has 0 bridgehead atoms. The molecular weight excluding hydrogens is 152 g/mol. The van der Waals surface area contributed by atoms with E-state index in [4.69, 9.17) is 0 Å². The third-order valence-corrected chi connectivity index (χ3v) is 2.88. The van der Waals surface area contributed by atoms with E-state index in [1.807, 2.05) is 0 Å². The number of ketones is 1. The Bertz CT molecular complexity index is 184. The summed E-state index contributed by atoms with van der Waals surface area (Å²) >= 11 is 0. The third-order valence-electron chi connectivity index (χ3n) is 2.88. The number of hydrogen-bond acceptors (Lipinski definition) is 2. The summed E-state index contributed by atoms with van der Waals surface area (Å²) in [5.41, 5.74) is 0.214. The third kappa shape index (κ3) is 2.07. The van der Waals surface area contributed by atoms with Crippen LogP contribution in [0.15, 0.2) is 0 Å². The number of aliphatic hydroxyl groups is 1. The molecule has 0 aromatic rings. The van der Waals surface area contributed by atoms with Crippen molar-refractivity contribution < 1.29 is 9.90 Å². The van der Waals surface area contributed by atoms with Crippen LogP contribution in [0.5, 0.6) is 0 Å². The molecule has 12 heavy (non-hydrogen) atoms. The second-order valence-corrected chi connectivity index (χ2v) is 4.69. The normalized spacial score (nSPS) is 34.7. The zero-order chi connectivity index (χ0) is 9.35. The maximum Gasteiger partial charge on any atom is 0.135 e. The molecule has 0 heterocycles. The predicted octanol–water partition coefficient (Wildman–Crippen LogP) is 1.76. The van der Waals surface area contributed by atoms with Gasteiger partial charge in [-0.15, -0.1) is 0 Å². The van der Waals surface area contributed by atoms with Crippen LogP contribution in [0.1, 0.15) is 40.0 Å². The van der Waals surface area contributed by atoms with Crippen LogP contribution in [0.25, 0.3) is 0 Å². The summed E-state index contributed by atoms with van der Waals surface area (Å²) in [5, 5.41) is 9.65. The van der Waals surface area contributed by atoms with E-state index in [0.717, 1.165) is 19.3 Å². The molecule has 0 saturated heterocycles. The SMILES string of the molecule is CC(=O)[C@@H]1CCC(C)(C)C[C@H]1O. The number of Topliss-reactive ketones (excluding diaryl/α,β-unsaturated/α-hetero) is 1. The van der Waals surface area contributed by atoms with Gasteiger partial charge >= 0.3 is 0 Å². The van der Waals surface area contributed by atoms with E-state index in [1.54, 1.807) is 6.92 Å². The van der Waals surface area contributed by atoms with E-state index in [2.05, 4.69) is 13.8 Å². The number of carbonyl (C=O) groups is 1. The molecule has 0 aromatic heterocycles. The van der Waals surface area contributed by atoms with Crippen molar-refractivity contribution in [3.8, 4) is 0 Å². The molecule has 1 aliphatic carbocycles. The minimum absolute atomic E-state index is 0.0991. The summed E-state index contributed by atoms with van der Waals surface area (Å²) in [6, 6.07) is 0. The van der Waals surface area contributed by atoms with Crippen molar-refractivity contribution in [2.24, 2.45) is 11.3 Å². The summed E-state index contributed by atoms with van der Waals surface area (Å²) < 4.78 is 0. The van der Waals surface area contributed by atoms with Gasteiger partial charge in [0.05, 0.1) is 6.10 Å². The summed E-state index contributed by atoms with van der Waals surface area (Å²) in [4.78, 5) is 11.1. The molecule has 0 unspecified atom stereocenters. The van der Waals surface area contributed by atoms with E-state index in [-0.39, 0.29) is 17.1 Å². The summed E-state index contributed by atoms with van der Waals surface area (Å²) in [7, 11) is 0. The standard InChI is InChI=1S/C10H18O2/c1-7(11)8-4-5-10(2,3)6-9(8)12/h8-9,12H,4-6H2,1-3H3/t8-,9+/m0/s1. The topological polar surface area (TPSA) is 37.3 Å². The second kappa shape index (κ2) is 3.17. The molecular formula is C10H18O2. The van der Waals surface area contributed by atoms with Crippen molar-refractivity contribution in [3.63, 3.8) is 0 Å². The number of aliphatic hydroxyl groups excluding tert-OH is 1. The van der Waals surface area contributed by atoms with E-state index in [1.165, 1.54) is 0 Å². The quantitative estimate of drug-likeness (QED) is 0.651. The van der Waals surface area contributed by atoms with Crippen molar-refractivity contribution in [3.05, 3.63) is 0 Å². The van der Waals surface area contributed by atoms with Crippen LogP contribution in [-0.4, -0.2) is 17.0 Å². The van der Waals surface area contributed by atoms with Crippen molar-refractivity contribution in [1.82, 2.24) is 0 Å². The molecule has 1 fully saturated rings. The van der Waals surface area contributed by atoms with Gasteiger partial charge in [0.15, 0.2) is 0 Å². The molecule has 1 N–H and O–H groups in total. The highest BCUT2D eigenvalue weighted by molar-refractivity contribution is 5.78. The van der Waals surface area contributed by atoms with Gasteiger partial charge in [0.2, 0.25) is 0 Å². The predicted molar refractivity (Wildman–Crippen MR) is 47.8 cm³/mol. The first-order chi connectivity index (χ1) is 5.42. The van der Waals surface area contributed by atoms with Crippen molar-refractivity contribution in [2.45, 2.75) is 46.1 Å². The Hall–Kier alpha value is -0.370. The summed E-state index contributed by atoms with van der Waals surface area (Å²) in [6.07, 6.45) is 2.25. The van der Waals surface area contributed by atoms with Crippen molar-refractivity contribution in [1.29, 1.82) is 0 Å². The van der Waals surface area contributed by atoms with Gasteiger partial charge < -0.3 is 5.11 Å². The van der Waals surface area contributed by atoms with Gasteiger partial charge in [-0.2, -0.15) is 0 Å². The summed E-state index contributed by atoms with van der Waals surface area (Å²) in [5.74, 6) is 0.0380. The Morgan fingerprint density at radius 1 is 1.50 bits per heavy atom. The van der Waals surface area contributed by atoms with Crippen LogP contribution in [-0.2, 0) is 4.79 Å². The highest BCUT2D eigenvalue weighted by Crippen LogP contribution is 2.38. The molecule has 1 rings (SSSR count). The number of rotatable bonds is 1.